The average Bonchev–Trinajstić information content (AvgIpc) is 2.30. The molecule has 2 aromatic rings. The molecule has 0 atom stereocenters. The number of pyridine rings is 1. The Hall–Kier alpha value is -1.21. The lowest BCUT2D eigenvalue weighted by molar-refractivity contribution is 1.12. The van der Waals surface area contributed by atoms with Crippen molar-refractivity contribution in [3.63, 3.8) is 0 Å². The van der Waals surface area contributed by atoms with Crippen LogP contribution in [0.5, 0.6) is 0 Å². The maximum atomic E-state index is 5.79. The zero-order valence-corrected chi connectivity index (χ0v) is 13.7. The van der Waals surface area contributed by atoms with Gasteiger partial charge in [0, 0.05) is 20.6 Å². The van der Waals surface area contributed by atoms with Gasteiger partial charge in [-0.2, -0.15) is 0 Å². The molecule has 19 heavy (non-hydrogen) atoms. The molecule has 0 spiro atoms. The first-order chi connectivity index (χ1) is 8.97. The molecule has 0 aliphatic rings. The normalized spacial score (nSPS) is 10.3. The van der Waals surface area contributed by atoms with Crippen LogP contribution in [0.25, 0.3) is 0 Å². The number of halogens is 1. The third-order valence-electron chi connectivity index (χ3n) is 2.70. The van der Waals surface area contributed by atoms with Gasteiger partial charge in [-0.25, -0.2) is 0 Å². The lowest BCUT2D eigenvalue weighted by Crippen LogP contribution is -2.15. The molecule has 0 aliphatic carbocycles. The van der Waals surface area contributed by atoms with Gasteiger partial charge >= 0.3 is 0 Å². The molecule has 2 rings (SSSR count). The molecular weight excluding hydrogens is 369 g/mol. The van der Waals surface area contributed by atoms with Crippen molar-refractivity contribution in [3.05, 3.63) is 50.9 Å². The lowest BCUT2D eigenvalue weighted by atomic mass is 10.1. The molecule has 5 heteroatoms. The summed E-state index contributed by atoms with van der Waals surface area (Å²) in [6, 6.07) is 10.1. The van der Waals surface area contributed by atoms with Gasteiger partial charge in [-0.05, 0) is 66.8 Å². The van der Waals surface area contributed by atoms with Crippen molar-refractivity contribution in [2.45, 2.75) is 13.8 Å². The number of hydrogen-bond acceptors (Lipinski definition) is 3. The van der Waals surface area contributed by atoms with Gasteiger partial charge in [0.1, 0.15) is 4.99 Å². The molecule has 0 amide bonds. The van der Waals surface area contributed by atoms with Gasteiger partial charge in [0.05, 0.1) is 11.3 Å². The second-order valence-electron chi connectivity index (χ2n) is 4.27. The summed E-state index contributed by atoms with van der Waals surface area (Å²) in [4.78, 5) is 4.76. The SMILES string of the molecule is Cc1cc(Nc2ccc(I)cc2)c(C(N)=S)c(C)n1. The van der Waals surface area contributed by atoms with Crippen LogP contribution in [0.15, 0.2) is 30.3 Å². The minimum Gasteiger partial charge on any atom is -0.389 e. The van der Waals surface area contributed by atoms with Crippen molar-refractivity contribution in [1.82, 2.24) is 4.98 Å². The van der Waals surface area contributed by atoms with E-state index in [4.69, 9.17) is 18.0 Å². The minimum atomic E-state index is 0.359. The highest BCUT2D eigenvalue weighted by Gasteiger charge is 2.11. The van der Waals surface area contributed by atoms with Crippen molar-refractivity contribution in [2.24, 2.45) is 5.73 Å². The highest BCUT2D eigenvalue weighted by Crippen LogP contribution is 2.24. The van der Waals surface area contributed by atoms with Crippen molar-refractivity contribution in [3.8, 4) is 0 Å². The Labute approximate surface area is 131 Å². The average molecular weight is 383 g/mol. The predicted octanol–water partition coefficient (Wildman–Crippen LogP) is 3.68. The van der Waals surface area contributed by atoms with E-state index in [9.17, 15) is 0 Å². The highest BCUT2D eigenvalue weighted by molar-refractivity contribution is 14.1. The van der Waals surface area contributed by atoms with E-state index in [2.05, 4.69) is 32.9 Å². The third kappa shape index (κ3) is 3.42. The van der Waals surface area contributed by atoms with Gasteiger partial charge in [-0.1, -0.05) is 12.2 Å². The first-order valence-electron chi connectivity index (χ1n) is 5.78. The topological polar surface area (TPSA) is 50.9 Å². The van der Waals surface area contributed by atoms with Gasteiger partial charge in [-0.3, -0.25) is 4.98 Å². The van der Waals surface area contributed by atoms with Crippen LogP contribution >= 0.6 is 34.8 Å². The first-order valence-corrected chi connectivity index (χ1v) is 7.26. The fourth-order valence-corrected chi connectivity index (χ4v) is 2.54. The van der Waals surface area contributed by atoms with Gasteiger partial charge in [0.25, 0.3) is 0 Å². The summed E-state index contributed by atoms with van der Waals surface area (Å²) in [7, 11) is 0. The third-order valence-corrected chi connectivity index (χ3v) is 3.62. The van der Waals surface area contributed by atoms with Crippen molar-refractivity contribution in [2.75, 3.05) is 5.32 Å². The number of aryl methyl sites for hydroxylation is 2. The summed E-state index contributed by atoms with van der Waals surface area (Å²) >= 11 is 7.39. The number of aromatic nitrogens is 1. The quantitative estimate of drug-likeness (QED) is 0.627. The maximum absolute atomic E-state index is 5.79. The molecule has 0 saturated heterocycles. The van der Waals surface area contributed by atoms with E-state index in [1.165, 1.54) is 3.57 Å². The molecule has 1 aromatic heterocycles. The Morgan fingerprint density at radius 3 is 2.47 bits per heavy atom. The number of thiocarbonyl (C=S) groups is 1. The molecule has 0 aliphatic heterocycles. The standard InChI is InChI=1S/C14H14IN3S/c1-8-7-12(13(14(16)19)9(2)17-8)18-11-5-3-10(15)4-6-11/h3-7H,1-2H3,(H2,16,19)(H,17,18). The maximum Gasteiger partial charge on any atom is 0.107 e. The molecule has 0 fully saturated rings. The molecule has 98 valence electrons. The van der Waals surface area contributed by atoms with E-state index in [1.807, 2.05) is 44.2 Å². The largest absolute Gasteiger partial charge is 0.389 e. The fraction of sp³-hybridized carbons (Fsp3) is 0.143. The lowest BCUT2D eigenvalue weighted by Gasteiger charge is -2.14. The number of nitrogens with one attached hydrogen (secondary N) is 1. The first kappa shape index (κ1) is 14.2. The van der Waals surface area contributed by atoms with E-state index >= 15 is 0 Å². The van der Waals surface area contributed by atoms with Crippen LogP contribution in [0, 0.1) is 17.4 Å². The monoisotopic (exact) mass is 383 g/mol. The summed E-state index contributed by atoms with van der Waals surface area (Å²) in [5, 5.41) is 3.35. The van der Waals surface area contributed by atoms with Gasteiger partial charge in [-0.15, -0.1) is 0 Å². The molecule has 1 heterocycles. The van der Waals surface area contributed by atoms with E-state index in [-0.39, 0.29) is 0 Å². The predicted molar refractivity (Wildman–Crippen MR) is 92.0 cm³/mol. The van der Waals surface area contributed by atoms with E-state index in [0.717, 1.165) is 28.3 Å². The van der Waals surface area contributed by atoms with Crippen LogP contribution < -0.4 is 11.1 Å². The molecule has 0 radical (unpaired) electrons. The number of nitrogens with two attached hydrogens (primary N) is 1. The number of benzene rings is 1. The Bertz CT molecular complexity index is 623. The Morgan fingerprint density at radius 1 is 1.26 bits per heavy atom. The molecule has 0 saturated carbocycles. The number of rotatable bonds is 3. The Kier molecular flexibility index (Phi) is 4.36. The van der Waals surface area contributed by atoms with Gasteiger partial charge in [0.2, 0.25) is 0 Å². The molecule has 0 bridgehead atoms. The molecule has 1 aromatic carbocycles. The van der Waals surface area contributed by atoms with Crippen LogP contribution in [0.4, 0.5) is 11.4 Å². The summed E-state index contributed by atoms with van der Waals surface area (Å²) in [6.45, 7) is 3.87. The van der Waals surface area contributed by atoms with Crippen LogP contribution in [-0.4, -0.2) is 9.97 Å². The summed E-state index contributed by atoms with van der Waals surface area (Å²) in [5.74, 6) is 0. The zero-order valence-electron chi connectivity index (χ0n) is 10.7. The Morgan fingerprint density at radius 2 is 1.89 bits per heavy atom. The van der Waals surface area contributed by atoms with E-state index in [1.54, 1.807) is 0 Å². The molecular formula is C14H14IN3S. The molecule has 3 N–H and O–H groups in total. The summed E-state index contributed by atoms with van der Waals surface area (Å²) in [6.07, 6.45) is 0. The second kappa shape index (κ2) is 5.83. The smallest absolute Gasteiger partial charge is 0.107 e. The minimum absolute atomic E-state index is 0.359. The summed E-state index contributed by atoms with van der Waals surface area (Å²) < 4.78 is 1.19. The Balaban J connectivity index is 2.44. The van der Waals surface area contributed by atoms with E-state index in [0.29, 0.717) is 4.99 Å². The number of hydrogen-bond donors (Lipinski definition) is 2. The van der Waals surface area contributed by atoms with Gasteiger partial charge in [0.15, 0.2) is 0 Å². The highest BCUT2D eigenvalue weighted by atomic mass is 127. The van der Waals surface area contributed by atoms with Crippen LogP contribution in [-0.2, 0) is 0 Å². The molecule has 3 nitrogen and oxygen atoms in total. The van der Waals surface area contributed by atoms with Crippen molar-refractivity contribution < 1.29 is 0 Å². The van der Waals surface area contributed by atoms with Crippen molar-refractivity contribution in [1.29, 1.82) is 0 Å². The van der Waals surface area contributed by atoms with Crippen LogP contribution in [0.3, 0.4) is 0 Å². The summed E-state index contributed by atoms with van der Waals surface area (Å²) in [5.41, 5.74) is 10.3. The fourth-order valence-electron chi connectivity index (χ4n) is 1.93. The number of anilines is 2. The molecule has 0 unspecified atom stereocenters. The van der Waals surface area contributed by atoms with Crippen molar-refractivity contribution >= 4 is 51.2 Å². The second-order valence-corrected chi connectivity index (χ2v) is 5.95. The van der Waals surface area contributed by atoms with Crippen LogP contribution in [0.1, 0.15) is 17.0 Å². The van der Waals surface area contributed by atoms with Crippen LogP contribution in [0.2, 0.25) is 0 Å². The number of nitrogens with zero attached hydrogens (tertiary/aromatic N) is 1. The van der Waals surface area contributed by atoms with E-state index < -0.39 is 0 Å². The zero-order chi connectivity index (χ0) is 14.0. The van der Waals surface area contributed by atoms with Gasteiger partial charge < -0.3 is 11.1 Å².